The van der Waals surface area contributed by atoms with Crippen molar-refractivity contribution in [3.05, 3.63) is 0 Å². The van der Waals surface area contributed by atoms with E-state index in [4.69, 9.17) is 0 Å². The van der Waals surface area contributed by atoms with Crippen LogP contribution >= 0.6 is 11.8 Å². The normalized spacial score (nSPS) is 18.5. The van der Waals surface area contributed by atoms with Gasteiger partial charge >= 0.3 is 0 Å². The van der Waals surface area contributed by atoms with Crippen molar-refractivity contribution in [1.82, 2.24) is 10.2 Å². The van der Waals surface area contributed by atoms with Crippen molar-refractivity contribution in [2.75, 3.05) is 38.2 Å². The zero-order valence-corrected chi connectivity index (χ0v) is 11.3. The lowest BCUT2D eigenvalue weighted by Crippen LogP contribution is -2.42. The third-order valence-corrected chi connectivity index (χ3v) is 3.83. The number of hydrogen-bond donors (Lipinski definition) is 1. The zero-order chi connectivity index (χ0) is 11.8. The number of hydrogen-bond acceptors (Lipinski definition) is 3. The molecule has 16 heavy (non-hydrogen) atoms. The average molecular weight is 244 g/mol. The van der Waals surface area contributed by atoms with Crippen LogP contribution in [0, 0.1) is 5.92 Å². The first-order valence-electron chi connectivity index (χ1n) is 6.21. The number of piperidine rings is 1. The van der Waals surface area contributed by atoms with Crippen LogP contribution in [0.5, 0.6) is 0 Å². The number of amides is 1. The molecule has 0 aromatic rings. The molecule has 1 aliphatic rings. The predicted octanol–water partition coefficient (Wildman–Crippen LogP) is 1.59. The Bertz CT molecular complexity index is 205. The molecule has 1 amide bonds. The maximum absolute atomic E-state index is 11.8. The van der Waals surface area contributed by atoms with Crippen molar-refractivity contribution >= 4 is 17.7 Å². The van der Waals surface area contributed by atoms with Gasteiger partial charge in [-0.15, -0.1) is 0 Å². The summed E-state index contributed by atoms with van der Waals surface area (Å²) in [5.41, 5.74) is 0. The molecule has 0 bridgehead atoms. The summed E-state index contributed by atoms with van der Waals surface area (Å²) < 4.78 is 0. The summed E-state index contributed by atoms with van der Waals surface area (Å²) in [5, 5.41) is 3.26. The molecule has 0 radical (unpaired) electrons. The largest absolute Gasteiger partial charge is 0.342 e. The van der Waals surface area contributed by atoms with Crippen molar-refractivity contribution in [1.29, 1.82) is 0 Å². The minimum Gasteiger partial charge on any atom is -0.342 e. The number of carbonyl (C=O) groups excluding carboxylic acids is 1. The van der Waals surface area contributed by atoms with Gasteiger partial charge in [0.1, 0.15) is 0 Å². The van der Waals surface area contributed by atoms with Crippen LogP contribution in [0.25, 0.3) is 0 Å². The van der Waals surface area contributed by atoms with Crippen molar-refractivity contribution < 1.29 is 4.79 Å². The van der Waals surface area contributed by atoms with E-state index >= 15 is 0 Å². The monoisotopic (exact) mass is 244 g/mol. The number of nitrogens with one attached hydrogen (secondary N) is 1. The van der Waals surface area contributed by atoms with Gasteiger partial charge < -0.3 is 10.2 Å². The SMILES string of the molecule is CSCC(C)CNCC(=O)N1CCCCC1. The van der Waals surface area contributed by atoms with E-state index in [9.17, 15) is 4.79 Å². The van der Waals surface area contributed by atoms with Crippen LogP contribution < -0.4 is 5.32 Å². The molecule has 1 N–H and O–H groups in total. The third-order valence-electron chi connectivity index (χ3n) is 2.93. The molecule has 1 rings (SSSR count). The van der Waals surface area contributed by atoms with Gasteiger partial charge in [-0.1, -0.05) is 6.92 Å². The van der Waals surface area contributed by atoms with E-state index in [1.54, 1.807) is 0 Å². The molecule has 1 saturated heterocycles. The second-order valence-corrected chi connectivity index (χ2v) is 5.54. The molecule has 94 valence electrons. The van der Waals surface area contributed by atoms with E-state index in [2.05, 4.69) is 18.5 Å². The molecule has 1 atom stereocenters. The zero-order valence-electron chi connectivity index (χ0n) is 10.5. The maximum atomic E-state index is 11.8. The van der Waals surface area contributed by atoms with Crippen LogP contribution in [0.3, 0.4) is 0 Å². The van der Waals surface area contributed by atoms with Crippen LogP contribution in [-0.4, -0.2) is 49.0 Å². The fourth-order valence-corrected chi connectivity index (χ4v) is 2.71. The van der Waals surface area contributed by atoms with E-state index in [-0.39, 0.29) is 5.91 Å². The molecule has 1 aliphatic heterocycles. The predicted molar refractivity (Wildman–Crippen MR) is 70.8 cm³/mol. The van der Waals surface area contributed by atoms with E-state index in [1.165, 1.54) is 19.3 Å². The van der Waals surface area contributed by atoms with Crippen molar-refractivity contribution in [2.24, 2.45) is 5.92 Å². The lowest BCUT2D eigenvalue weighted by molar-refractivity contribution is -0.131. The Labute approximate surface area is 103 Å². The minimum atomic E-state index is 0.274. The fraction of sp³-hybridized carbons (Fsp3) is 0.917. The highest BCUT2D eigenvalue weighted by Crippen LogP contribution is 2.08. The van der Waals surface area contributed by atoms with E-state index in [1.807, 2.05) is 16.7 Å². The van der Waals surface area contributed by atoms with Gasteiger partial charge in [-0.2, -0.15) is 11.8 Å². The highest BCUT2D eigenvalue weighted by atomic mass is 32.2. The quantitative estimate of drug-likeness (QED) is 0.770. The lowest BCUT2D eigenvalue weighted by Gasteiger charge is -2.27. The minimum absolute atomic E-state index is 0.274. The second kappa shape index (κ2) is 7.96. The van der Waals surface area contributed by atoms with E-state index in [0.717, 1.165) is 25.4 Å². The molecule has 0 aromatic heterocycles. The molecular weight excluding hydrogens is 220 g/mol. The molecule has 4 heteroatoms. The number of thioether (sulfide) groups is 1. The van der Waals surface area contributed by atoms with Gasteiger partial charge in [-0.25, -0.2) is 0 Å². The third kappa shape index (κ3) is 5.21. The Morgan fingerprint density at radius 2 is 2.06 bits per heavy atom. The molecule has 3 nitrogen and oxygen atoms in total. The Hall–Kier alpha value is -0.220. The Morgan fingerprint density at radius 3 is 2.69 bits per heavy atom. The molecule has 0 aliphatic carbocycles. The van der Waals surface area contributed by atoms with Gasteiger partial charge in [-0.3, -0.25) is 4.79 Å². The van der Waals surface area contributed by atoms with Gasteiger partial charge in [0, 0.05) is 13.1 Å². The molecule has 1 heterocycles. The van der Waals surface area contributed by atoms with Gasteiger partial charge in [0.25, 0.3) is 0 Å². The fourth-order valence-electron chi connectivity index (χ4n) is 2.02. The first-order chi connectivity index (χ1) is 7.74. The summed E-state index contributed by atoms with van der Waals surface area (Å²) in [5.74, 6) is 2.07. The Kier molecular flexibility index (Phi) is 6.88. The lowest BCUT2D eigenvalue weighted by atomic mass is 10.1. The van der Waals surface area contributed by atoms with Crippen molar-refractivity contribution in [3.8, 4) is 0 Å². The van der Waals surface area contributed by atoms with Crippen LogP contribution in [0.2, 0.25) is 0 Å². The van der Waals surface area contributed by atoms with Gasteiger partial charge in [0.15, 0.2) is 0 Å². The topological polar surface area (TPSA) is 32.3 Å². The van der Waals surface area contributed by atoms with Crippen LogP contribution in [0.4, 0.5) is 0 Å². The van der Waals surface area contributed by atoms with Gasteiger partial charge in [0.2, 0.25) is 5.91 Å². The van der Waals surface area contributed by atoms with Gasteiger partial charge in [-0.05, 0) is 43.7 Å². The van der Waals surface area contributed by atoms with E-state index < -0.39 is 0 Å². The van der Waals surface area contributed by atoms with Crippen molar-refractivity contribution in [3.63, 3.8) is 0 Å². The maximum Gasteiger partial charge on any atom is 0.236 e. The number of rotatable bonds is 6. The second-order valence-electron chi connectivity index (χ2n) is 4.63. The molecular formula is C12H24N2OS. The summed E-state index contributed by atoms with van der Waals surface area (Å²) in [7, 11) is 0. The Morgan fingerprint density at radius 1 is 1.38 bits per heavy atom. The van der Waals surface area contributed by atoms with Crippen LogP contribution in [0.15, 0.2) is 0 Å². The number of likely N-dealkylation sites (tertiary alicyclic amines) is 1. The van der Waals surface area contributed by atoms with E-state index in [0.29, 0.717) is 12.5 Å². The summed E-state index contributed by atoms with van der Waals surface area (Å²) in [6, 6.07) is 0. The van der Waals surface area contributed by atoms with Crippen LogP contribution in [-0.2, 0) is 4.79 Å². The number of nitrogens with zero attached hydrogens (tertiary/aromatic N) is 1. The van der Waals surface area contributed by atoms with Crippen molar-refractivity contribution in [2.45, 2.75) is 26.2 Å². The number of carbonyl (C=O) groups is 1. The summed E-state index contributed by atoms with van der Waals surface area (Å²) in [6.07, 6.45) is 5.75. The molecule has 0 saturated carbocycles. The Balaban J connectivity index is 2.09. The standard InChI is InChI=1S/C12H24N2OS/c1-11(10-16-2)8-13-9-12(15)14-6-4-3-5-7-14/h11,13H,3-10H2,1-2H3. The highest BCUT2D eigenvalue weighted by molar-refractivity contribution is 7.98. The smallest absolute Gasteiger partial charge is 0.236 e. The highest BCUT2D eigenvalue weighted by Gasteiger charge is 2.15. The molecule has 1 fully saturated rings. The summed E-state index contributed by atoms with van der Waals surface area (Å²) >= 11 is 1.86. The van der Waals surface area contributed by atoms with Gasteiger partial charge in [0.05, 0.1) is 6.54 Å². The summed E-state index contributed by atoms with van der Waals surface area (Å²) in [4.78, 5) is 13.8. The molecule has 0 spiro atoms. The summed E-state index contributed by atoms with van der Waals surface area (Å²) in [6.45, 7) is 5.59. The average Bonchev–Trinajstić information content (AvgIpc) is 2.30. The molecule has 1 unspecified atom stereocenters. The first kappa shape index (κ1) is 13.8. The molecule has 0 aromatic carbocycles. The first-order valence-corrected chi connectivity index (χ1v) is 7.61. The van der Waals surface area contributed by atoms with Crippen LogP contribution in [0.1, 0.15) is 26.2 Å².